The van der Waals surface area contributed by atoms with Crippen LogP contribution in [0.25, 0.3) is 0 Å². The summed E-state index contributed by atoms with van der Waals surface area (Å²) in [6.45, 7) is 14.1. The van der Waals surface area contributed by atoms with Gasteiger partial charge in [-0.2, -0.15) is 0 Å². The van der Waals surface area contributed by atoms with Crippen LogP contribution in [0.2, 0.25) is 25.7 Å². The van der Waals surface area contributed by atoms with E-state index >= 15 is 0 Å². The number of rotatable bonds is 9. The van der Waals surface area contributed by atoms with Crippen molar-refractivity contribution in [1.82, 2.24) is 10.4 Å². The zero-order valence-electron chi connectivity index (χ0n) is 12.7. The second kappa shape index (κ2) is 8.34. The summed E-state index contributed by atoms with van der Waals surface area (Å²) in [5.41, 5.74) is 4.10. The van der Waals surface area contributed by atoms with E-state index < -0.39 is 8.07 Å². The van der Waals surface area contributed by atoms with Crippen LogP contribution in [0, 0.1) is 0 Å². The topological polar surface area (TPSA) is 33.7 Å². The number of methoxy groups -OCH3 is 1. The Kier molecular flexibility index (Phi) is 7.98. The Hall–Kier alpha value is -0.783. The van der Waals surface area contributed by atoms with Gasteiger partial charge < -0.3 is 9.47 Å². The van der Waals surface area contributed by atoms with Crippen LogP contribution < -0.4 is 5.43 Å². The highest BCUT2D eigenvalue weighted by Crippen LogP contribution is 2.09. The number of allylic oxidation sites excluding steroid dienone is 2. The van der Waals surface area contributed by atoms with Crippen LogP contribution in [0.3, 0.4) is 0 Å². The third-order valence-electron chi connectivity index (χ3n) is 2.54. The molecule has 0 unspecified atom stereocenters. The number of nitrogens with zero attached hydrogens (tertiary/aromatic N) is 1. The summed E-state index contributed by atoms with van der Waals surface area (Å²) in [6, 6.07) is 1.18. The summed E-state index contributed by atoms with van der Waals surface area (Å²) in [6.07, 6.45) is 1.87. The molecule has 0 saturated carbocycles. The van der Waals surface area contributed by atoms with Gasteiger partial charge >= 0.3 is 0 Å². The smallest absolute Gasteiger partial charge is 0.132 e. The Labute approximate surface area is 113 Å². The molecule has 0 heterocycles. The predicted molar refractivity (Wildman–Crippen MR) is 79.8 cm³/mol. The molecule has 0 aliphatic rings. The Bertz CT molecular complexity index is 285. The third-order valence-corrected chi connectivity index (χ3v) is 4.25. The Morgan fingerprint density at radius 2 is 2.00 bits per heavy atom. The van der Waals surface area contributed by atoms with Gasteiger partial charge in [-0.3, -0.25) is 5.01 Å². The van der Waals surface area contributed by atoms with Gasteiger partial charge in [-0.1, -0.05) is 26.2 Å². The quantitative estimate of drug-likeness (QED) is 0.175. The van der Waals surface area contributed by atoms with E-state index in [1.54, 1.807) is 7.11 Å². The molecule has 0 saturated heterocycles. The summed E-state index contributed by atoms with van der Waals surface area (Å²) in [5, 5.41) is 1.93. The van der Waals surface area contributed by atoms with Crippen molar-refractivity contribution in [2.24, 2.45) is 0 Å². The van der Waals surface area contributed by atoms with Crippen LogP contribution >= 0.6 is 0 Å². The van der Waals surface area contributed by atoms with Crippen molar-refractivity contribution in [3.63, 3.8) is 0 Å². The first-order valence-corrected chi connectivity index (χ1v) is 9.94. The van der Waals surface area contributed by atoms with E-state index in [0.29, 0.717) is 12.5 Å². The summed E-state index contributed by atoms with van der Waals surface area (Å²) >= 11 is 0. The SMILES string of the molecule is C=C(/C=C(\C)N(COCC[Si](C)(C)C)NC)OC. The molecule has 1 N–H and O–H groups in total. The maximum Gasteiger partial charge on any atom is 0.132 e. The van der Waals surface area contributed by atoms with E-state index in [1.807, 2.05) is 25.1 Å². The summed E-state index contributed by atoms with van der Waals surface area (Å²) < 4.78 is 10.7. The molecule has 0 aliphatic heterocycles. The number of hydrazine groups is 1. The van der Waals surface area contributed by atoms with E-state index in [0.717, 1.165) is 12.3 Å². The summed E-state index contributed by atoms with van der Waals surface area (Å²) in [4.78, 5) is 0. The highest BCUT2D eigenvalue weighted by atomic mass is 28.3. The lowest BCUT2D eigenvalue weighted by atomic mass is 10.4. The first kappa shape index (κ1) is 17.2. The molecule has 4 nitrogen and oxygen atoms in total. The number of hydrogen-bond acceptors (Lipinski definition) is 4. The van der Waals surface area contributed by atoms with Crippen LogP contribution in [-0.4, -0.2) is 40.6 Å². The molecule has 106 valence electrons. The average molecular weight is 272 g/mol. The molecule has 0 aromatic heterocycles. The largest absolute Gasteiger partial charge is 0.497 e. The highest BCUT2D eigenvalue weighted by Gasteiger charge is 2.12. The molecule has 0 amide bonds. The fourth-order valence-corrected chi connectivity index (χ4v) is 2.00. The monoisotopic (exact) mass is 272 g/mol. The Balaban J connectivity index is 4.12. The van der Waals surface area contributed by atoms with Crippen molar-refractivity contribution >= 4 is 8.07 Å². The second-order valence-electron chi connectivity index (χ2n) is 5.46. The Morgan fingerprint density at radius 1 is 1.39 bits per heavy atom. The maximum absolute atomic E-state index is 5.69. The van der Waals surface area contributed by atoms with Gasteiger partial charge in [0.05, 0.1) is 7.11 Å². The predicted octanol–water partition coefficient (Wildman–Crippen LogP) is 2.80. The molecule has 0 aromatic carbocycles. The van der Waals surface area contributed by atoms with Crippen molar-refractivity contribution in [2.75, 3.05) is 27.5 Å². The molecule has 0 atom stereocenters. The lowest BCUT2D eigenvalue weighted by molar-refractivity contribution is 0.0324. The maximum atomic E-state index is 5.69. The molecule has 0 rings (SSSR count). The second-order valence-corrected chi connectivity index (χ2v) is 11.1. The van der Waals surface area contributed by atoms with Gasteiger partial charge in [0.15, 0.2) is 0 Å². The van der Waals surface area contributed by atoms with Gasteiger partial charge in [0.25, 0.3) is 0 Å². The van der Waals surface area contributed by atoms with Crippen LogP contribution in [0.1, 0.15) is 6.92 Å². The normalized spacial score (nSPS) is 12.4. The van der Waals surface area contributed by atoms with E-state index in [1.165, 1.54) is 6.04 Å². The summed E-state index contributed by atoms with van der Waals surface area (Å²) in [5.74, 6) is 0.634. The minimum Gasteiger partial charge on any atom is -0.497 e. The van der Waals surface area contributed by atoms with Crippen LogP contribution in [0.5, 0.6) is 0 Å². The highest BCUT2D eigenvalue weighted by molar-refractivity contribution is 6.76. The minimum atomic E-state index is -1.01. The molecule has 0 aromatic rings. The third kappa shape index (κ3) is 8.33. The molecule has 5 heteroatoms. The molecule has 18 heavy (non-hydrogen) atoms. The molecular weight excluding hydrogens is 244 g/mol. The fraction of sp³-hybridized carbons (Fsp3) is 0.692. The number of nitrogens with one attached hydrogen (secondary N) is 1. The van der Waals surface area contributed by atoms with Crippen molar-refractivity contribution in [2.45, 2.75) is 32.6 Å². The van der Waals surface area contributed by atoms with Gasteiger partial charge in [-0.15, -0.1) is 0 Å². The number of ether oxygens (including phenoxy) is 2. The van der Waals surface area contributed by atoms with Gasteiger partial charge in [0.2, 0.25) is 0 Å². The van der Waals surface area contributed by atoms with Crippen LogP contribution in [0.15, 0.2) is 24.1 Å². The first-order chi connectivity index (χ1) is 8.30. The first-order valence-electron chi connectivity index (χ1n) is 6.24. The zero-order chi connectivity index (χ0) is 14.2. The zero-order valence-corrected chi connectivity index (χ0v) is 13.7. The van der Waals surface area contributed by atoms with E-state index in [4.69, 9.17) is 9.47 Å². The van der Waals surface area contributed by atoms with Gasteiger partial charge in [0.1, 0.15) is 12.5 Å². The lowest BCUT2D eigenvalue weighted by Gasteiger charge is -2.25. The minimum absolute atomic E-state index is 0.528. The summed E-state index contributed by atoms with van der Waals surface area (Å²) in [7, 11) is 2.47. The molecule has 0 bridgehead atoms. The van der Waals surface area contributed by atoms with Gasteiger partial charge in [0, 0.05) is 27.4 Å². The molecule has 0 fully saturated rings. The van der Waals surface area contributed by atoms with Gasteiger partial charge in [-0.25, -0.2) is 5.43 Å². The molecular formula is C13H28N2O2Si. The average Bonchev–Trinajstić information content (AvgIpc) is 2.27. The van der Waals surface area contributed by atoms with E-state index in [9.17, 15) is 0 Å². The van der Waals surface area contributed by atoms with Crippen LogP contribution in [0.4, 0.5) is 0 Å². The standard InChI is InChI=1S/C13H28N2O2Si/c1-12(10-13(2)16-4)15(14-3)11-17-8-9-18(5,6)7/h10,14H,2,8-9,11H2,1,3-7H3/b12-10+. The van der Waals surface area contributed by atoms with E-state index in [-0.39, 0.29) is 0 Å². The fourth-order valence-electron chi connectivity index (χ4n) is 1.25. The van der Waals surface area contributed by atoms with Crippen LogP contribution in [-0.2, 0) is 9.47 Å². The molecule has 0 aliphatic carbocycles. The molecule has 0 spiro atoms. The lowest BCUT2D eigenvalue weighted by Crippen LogP contribution is -2.36. The van der Waals surface area contributed by atoms with Gasteiger partial charge in [-0.05, 0) is 19.0 Å². The number of hydrogen-bond donors (Lipinski definition) is 1. The van der Waals surface area contributed by atoms with Crippen molar-refractivity contribution in [3.05, 3.63) is 24.1 Å². The van der Waals surface area contributed by atoms with Crippen molar-refractivity contribution in [3.8, 4) is 0 Å². The Morgan fingerprint density at radius 3 is 2.44 bits per heavy atom. The van der Waals surface area contributed by atoms with E-state index in [2.05, 4.69) is 31.6 Å². The molecule has 0 radical (unpaired) electrons. The van der Waals surface area contributed by atoms with Crippen molar-refractivity contribution in [1.29, 1.82) is 0 Å². The van der Waals surface area contributed by atoms with Crippen molar-refractivity contribution < 1.29 is 9.47 Å².